The highest BCUT2D eigenvalue weighted by Gasteiger charge is 2.38. The molecule has 33 heavy (non-hydrogen) atoms. The van der Waals surface area contributed by atoms with Crippen LogP contribution in [0.3, 0.4) is 0 Å². The first-order valence-electron chi connectivity index (χ1n) is 10.7. The monoisotopic (exact) mass is 431 g/mol. The summed E-state index contributed by atoms with van der Waals surface area (Å²) in [6.07, 6.45) is 17.0. The molecule has 0 unspecified atom stereocenters. The summed E-state index contributed by atoms with van der Waals surface area (Å²) in [5.41, 5.74) is 6.59. The molecule has 1 aliphatic carbocycles. The Bertz CT molecular complexity index is 1460. The molecule has 1 aliphatic rings. The van der Waals surface area contributed by atoms with Crippen LogP contribution in [0, 0.1) is 0 Å². The summed E-state index contributed by atoms with van der Waals surface area (Å²) >= 11 is 0. The van der Waals surface area contributed by atoms with E-state index in [-0.39, 0.29) is 5.41 Å². The van der Waals surface area contributed by atoms with Gasteiger partial charge in [-0.05, 0) is 35.4 Å². The minimum Gasteiger partial charge on any atom is -0.255 e. The summed E-state index contributed by atoms with van der Waals surface area (Å²) in [4.78, 5) is 22.2. The topological polar surface area (TPSA) is 72.2 Å². The van der Waals surface area contributed by atoms with Crippen LogP contribution in [0.4, 0.5) is 0 Å². The van der Waals surface area contributed by atoms with Crippen molar-refractivity contribution < 1.29 is 9.13 Å². The van der Waals surface area contributed by atoms with Gasteiger partial charge in [-0.25, -0.2) is 9.13 Å². The third-order valence-corrected chi connectivity index (χ3v) is 6.18. The van der Waals surface area contributed by atoms with Gasteiger partial charge in [0.15, 0.2) is 0 Å². The van der Waals surface area contributed by atoms with Crippen molar-refractivity contribution in [2.45, 2.75) is 19.3 Å². The van der Waals surface area contributed by atoms with Crippen molar-refractivity contribution in [2.24, 2.45) is 0 Å². The van der Waals surface area contributed by atoms with Crippen LogP contribution in [0.15, 0.2) is 92.2 Å². The normalized spacial score (nSPS) is 13.4. The first kappa shape index (κ1) is 19.3. The SMILES string of the molecule is CC1(C)c2c[n+](-c3ncccn3)ccc2-c2ncc(-c3cc[n+](-c4ncccn4)cc3)cc21. The molecule has 6 rings (SSSR count). The second-order valence-electron chi connectivity index (χ2n) is 8.52. The number of nitrogens with zero attached hydrogens (tertiary/aromatic N) is 7. The molecular weight excluding hydrogens is 410 g/mol. The zero-order valence-corrected chi connectivity index (χ0v) is 18.3. The summed E-state index contributed by atoms with van der Waals surface area (Å²) in [5, 5.41) is 0. The van der Waals surface area contributed by atoms with Crippen molar-refractivity contribution in [3.8, 4) is 34.3 Å². The lowest BCUT2D eigenvalue weighted by Crippen LogP contribution is -2.34. The summed E-state index contributed by atoms with van der Waals surface area (Å²) in [5.74, 6) is 1.30. The molecule has 0 saturated carbocycles. The Hall–Kier alpha value is -4.39. The van der Waals surface area contributed by atoms with Gasteiger partial charge in [0.1, 0.15) is 24.8 Å². The number of rotatable bonds is 3. The van der Waals surface area contributed by atoms with E-state index >= 15 is 0 Å². The van der Waals surface area contributed by atoms with Gasteiger partial charge in [0.2, 0.25) is 0 Å². The molecule has 7 nitrogen and oxygen atoms in total. The van der Waals surface area contributed by atoms with Crippen LogP contribution in [0.25, 0.3) is 34.3 Å². The van der Waals surface area contributed by atoms with Gasteiger partial charge in [-0.15, -0.1) is 0 Å². The van der Waals surface area contributed by atoms with Crippen LogP contribution < -0.4 is 9.13 Å². The van der Waals surface area contributed by atoms with Gasteiger partial charge < -0.3 is 0 Å². The van der Waals surface area contributed by atoms with E-state index in [1.165, 1.54) is 11.1 Å². The molecule has 158 valence electrons. The van der Waals surface area contributed by atoms with E-state index < -0.39 is 0 Å². The van der Waals surface area contributed by atoms with E-state index in [9.17, 15) is 0 Å². The molecule has 0 saturated heterocycles. The number of hydrogen-bond donors (Lipinski definition) is 0. The van der Waals surface area contributed by atoms with Crippen molar-refractivity contribution in [3.63, 3.8) is 0 Å². The maximum atomic E-state index is 4.88. The highest BCUT2D eigenvalue weighted by Crippen LogP contribution is 2.47. The van der Waals surface area contributed by atoms with Gasteiger partial charge in [-0.3, -0.25) is 4.98 Å². The van der Waals surface area contributed by atoms with Crippen molar-refractivity contribution >= 4 is 0 Å². The minimum absolute atomic E-state index is 0.196. The first-order chi connectivity index (χ1) is 16.1. The third-order valence-electron chi connectivity index (χ3n) is 6.18. The molecule has 0 atom stereocenters. The van der Waals surface area contributed by atoms with E-state index in [0.29, 0.717) is 11.9 Å². The van der Waals surface area contributed by atoms with Gasteiger partial charge in [0.05, 0.1) is 30.5 Å². The molecule has 0 radical (unpaired) electrons. The molecular formula is C26H21N7+2. The van der Waals surface area contributed by atoms with Crippen molar-refractivity contribution in [3.05, 3.63) is 103 Å². The fraction of sp³-hybridized carbons (Fsp3) is 0.115. The summed E-state index contributed by atoms with van der Waals surface area (Å²) < 4.78 is 3.86. The molecule has 0 spiro atoms. The van der Waals surface area contributed by atoms with Crippen LogP contribution in [0.2, 0.25) is 0 Å². The lowest BCUT2D eigenvalue weighted by Gasteiger charge is -2.21. The smallest absolute Gasteiger partial charge is 0.255 e. The predicted octanol–water partition coefficient (Wildman–Crippen LogP) is 3.19. The van der Waals surface area contributed by atoms with E-state index in [2.05, 4.69) is 64.2 Å². The van der Waals surface area contributed by atoms with Gasteiger partial charge in [0.25, 0.3) is 0 Å². The molecule has 0 aromatic carbocycles. The lowest BCUT2D eigenvalue weighted by molar-refractivity contribution is -0.604. The minimum atomic E-state index is -0.196. The molecule has 0 amide bonds. The molecule has 5 aromatic heterocycles. The Kier molecular flexibility index (Phi) is 4.29. The standard InChI is InChI=1S/C26H21N7/c1-26(2)21-15-19(18-5-12-32(13-6-18)24-27-8-3-9-28-24)16-31-23(21)20-7-14-33(17-22(20)26)25-29-10-4-11-30-25/h3-17H,1-2H3/q+2. The average Bonchev–Trinajstić information content (AvgIpc) is 3.11. The Labute approximate surface area is 191 Å². The second kappa shape index (κ2) is 7.34. The average molecular weight is 432 g/mol. The molecule has 0 aliphatic heterocycles. The van der Waals surface area contributed by atoms with Crippen LogP contribution in [0.1, 0.15) is 25.0 Å². The summed E-state index contributed by atoms with van der Waals surface area (Å²) in [6, 6.07) is 12.1. The van der Waals surface area contributed by atoms with Crippen molar-refractivity contribution in [1.82, 2.24) is 24.9 Å². The van der Waals surface area contributed by atoms with Gasteiger partial charge in [-0.2, -0.15) is 0 Å². The Morgan fingerprint density at radius 2 is 1.27 bits per heavy atom. The Morgan fingerprint density at radius 3 is 1.94 bits per heavy atom. The summed E-state index contributed by atoms with van der Waals surface area (Å²) in [7, 11) is 0. The molecule has 5 heterocycles. The van der Waals surface area contributed by atoms with E-state index in [1.54, 1.807) is 24.8 Å². The maximum absolute atomic E-state index is 4.88. The fourth-order valence-corrected chi connectivity index (χ4v) is 4.39. The van der Waals surface area contributed by atoms with E-state index in [4.69, 9.17) is 4.98 Å². The van der Waals surface area contributed by atoms with Crippen LogP contribution >= 0.6 is 0 Å². The van der Waals surface area contributed by atoms with Crippen molar-refractivity contribution in [1.29, 1.82) is 0 Å². The number of fused-ring (bicyclic) bond motifs is 3. The molecule has 0 bridgehead atoms. The van der Waals surface area contributed by atoms with Crippen molar-refractivity contribution in [2.75, 3.05) is 0 Å². The Balaban J connectivity index is 1.38. The second-order valence-corrected chi connectivity index (χ2v) is 8.52. The third kappa shape index (κ3) is 3.17. The Morgan fingerprint density at radius 1 is 0.667 bits per heavy atom. The highest BCUT2D eigenvalue weighted by molar-refractivity contribution is 5.79. The fourth-order valence-electron chi connectivity index (χ4n) is 4.39. The molecule has 5 aromatic rings. The van der Waals surface area contributed by atoms with E-state index in [0.717, 1.165) is 22.4 Å². The van der Waals surface area contributed by atoms with Gasteiger partial charge >= 0.3 is 11.9 Å². The predicted molar refractivity (Wildman–Crippen MR) is 121 cm³/mol. The number of pyridine rings is 3. The first-order valence-corrected chi connectivity index (χ1v) is 10.7. The van der Waals surface area contributed by atoms with Gasteiger partial charge in [-0.1, -0.05) is 33.8 Å². The molecule has 0 N–H and O–H groups in total. The molecule has 7 heteroatoms. The quantitative estimate of drug-likeness (QED) is 0.410. The largest absolute Gasteiger partial charge is 0.437 e. The zero-order chi connectivity index (χ0) is 22.4. The summed E-state index contributed by atoms with van der Waals surface area (Å²) in [6.45, 7) is 4.48. The van der Waals surface area contributed by atoms with Crippen LogP contribution in [-0.4, -0.2) is 24.9 Å². The maximum Gasteiger partial charge on any atom is 0.437 e. The van der Waals surface area contributed by atoms with Crippen LogP contribution in [-0.2, 0) is 5.41 Å². The van der Waals surface area contributed by atoms with Gasteiger partial charge in [0, 0.05) is 40.4 Å². The van der Waals surface area contributed by atoms with E-state index in [1.807, 2.05) is 46.1 Å². The number of hydrogen-bond acceptors (Lipinski definition) is 5. The van der Waals surface area contributed by atoms with Crippen LogP contribution in [0.5, 0.6) is 0 Å². The highest BCUT2D eigenvalue weighted by atomic mass is 15.1. The lowest BCUT2D eigenvalue weighted by atomic mass is 9.83. The number of aromatic nitrogens is 7. The zero-order valence-electron chi connectivity index (χ0n) is 18.3. The molecule has 0 fully saturated rings.